The largest absolute Gasteiger partial charge is 0.378 e. The van der Waals surface area contributed by atoms with Crippen molar-refractivity contribution in [2.45, 2.75) is 13.3 Å². The Balaban J connectivity index is 1.80. The minimum atomic E-state index is -0.145. The molecule has 20 heavy (non-hydrogen) atoms. The fraction of sp³-hybridized carbons (Fsp3) is 0.400. The van der Waals surface area contributed by atoms with E-state index in [1.165, 1.54) is 6.07 Å². The Bertz CT molecular complexity index is 593. The lowest BCUT2D eigenvalue weighted by atomic mass is 10.1. The number of ether oxygens (including phenoxy) is 1. The van der Waals surface area contributed by atoms with E-state index in [2.05, 4.69) is 9.88 Å². The third-order valence-electron chi connectivity index (χ3n) is 3.47. The van der Waals surface area contributed by atoms with E-state index < -0.39 is 0 Å². The van der Waals surface area contributed by atoms with Crippen LogP contribution in [0.5, 0.6) is 0 Å². The molecule has 0 amide bonds. The van der Waals surface area contributed by atoms with E-state index in [0.29, 0.717) is 6.42 Å². The van der Waals surface area contributed by atoms with Crippen LogP contribution >= 0.6 is 11.3 Å². The minimum absolute atomic E-state index is 0.145. The number of rotatable bonds is 3. The summed E-state index contributed by atoms with van der Waals surface area (Å²) >= 11 is 1.66. The van der Waals surface area contributed by atoms with Gasteiger partial charge in [0.1, 0.15) is 5.82 Å². The first kappa shape index (κ1) is 13.5. The Hall–Kier alpha value is -1.46. The molecule has 0 N–H and O–H groups in total. The van der Waals surface area contributed by atoms with Gasteiger partial charge in [-0.25, -0.2) is 9.37 Å². The van der Waals surface area contributed by atoms with Crippen molar-refractivity contribution < 1.29 is 9.13 Å². The second-order valence-electron chi connectivity index (χ2n) is 4.87. The van der Waals surface area contributed by atoms with Crippen molar-refractivity contribution >= 4 is 16.5 Å². The zero-order valence-electron chi connectivity index (χ0n) is 11.4. The summed E-state index contributed by atoms with van der Waals surface area (Å²) in [7, 11) is 0. The van der Waals surface area contributed by atoms with Gasteiger partial charge in [0.25, 0.3) is 0 Å². The van der Waals surface area contributed by atoms with Gasteiger partial charge >= 0.3 is 0 Å². The van der Waals surface area contributed by atoms with Crippen LogP contribution in [0, 0.1) is 12.7 Å². The highest BCUT2D eigenvalue weighted by molar-refractivity contribution is 7.15. The van der Waals surface area contributed by atoms with Crippen LogP contribution in [-0.4, -0.2) is 31.3 Å². The number of hydrogen-bond acceptors (Lipinski definition) is 4. The van der Waals surface area contributed by atoms with Gasteiger partial charge < -0.3 is 9.64 Å². The number of aryl methyl sites for hydroxylation is 1. The quantitative estimate of drug-likeness (QED) is 0.869. The molecule has 0 spiro atoms. The van der Waals surface area contributed by atoms with Gasteiger partial charge in [0.15, 0.2) is 5.13 Å². The molecular weight excluding hydrogens is 275 g/mol. The van der Waals surface area contributed by atoms with Gasteiger partial charge in [0.2, 0.25) is 0 Å². The average Bonchev–Trinajstić information content (AvgIpc) is 2.84. The van der Waals surface area contributed by atoms with E-state index in [9.17, 15) is 4.39 Å². The number of halogens is 1. The van der Waals surface area contributed by atoms with E-state index >= 15 is 0 Å². The first-order chi connectivity index (χ1) is 9.74. The number of thiazole rings is 1. The molecule has 1 fully saturated rings. The number of nitrogens with zero attached hydrogens (tertiary/aromatic N) is 2. The van der Waals surface area contributed by atoms with Gasteiger partial charge in [-0.3, -0.25) is 0 Å². The first-order valence-electron chi connectivity index (χ1n) is 6.76. The van der Waals surface area contributed by atoms with Crippen LogP contribution in [-0.2, 0) is 11.2 Å². The van der Waals surface area contributed by atoms with Crippen LogP contribution in [0.15, 0.2) is 24.3 Å². The van der Waals surface area contributed by atoms with Gasteiger partial charge in [-0.05, 0) is 18.6 Å². The standard InChI is InChI=1S/C15H17FN2OS/c1-11-14(10-12-4-2-3-5-13(12)16)20-15(17-11)18-6-8-19-9-7-18/h2-5H,6-10H2,1H3. The van der Waals surface area contributed by atoms with Crippen molar-refractivity contribution in [3.05, 3.63) is 46.2 Å². The van der Waals surface area contributed by atoms with E-state index in [-0.39, 0.29) is 5.82 Å². The summed E-state index contributed by atoms with van der Waals surface area (Å²) in [5.74, 6) is -0.145. The second kappa shape index (κ2) is 5.89. The molecule has 106 valence electrons. The number of aromatic nitrogens is 1. The van der Waals surface area contributed by atoms with Crippen LogP contribution in [0.2, 0.25) is 0 Å². The summed E-state index contributed by atoms with van der Waals surface area (Å²) in [5.41, 5.74) is 1.73. The molecule has 0 unspecified atom stereocenters. The summed E-state index contributed by atoms with van der Waals surface area (Å²) in [6, 6.07) is 6.94. The Kier molecular flexibility index (Phi) is 3.98. The zero-order valence-corrected chi connectivity index (χ0v) is 12.3. The molecule has 3 rings (SSSR count). The van der Waals surface area contributed by atoms with E-state index in [0.717, 1.165) is 47.6 Å². The molecule has 3 nitrogen and oxygen atoms in total. The molecule has 0 radical (unpaired) electrons. The molecular formula is C15H17FN2OS. The molecule has 1 saturated heterocycles. The summed E-state index contributed by atoms with van der Waals surface area (Å²) in [5, 5.41) is 1.03. The third-order valence-corrected chi connectivity index (χ3v) is 4.69. The van der Waals surface area contributed by atoms with Gasteiger partial charge in [0.05, 0.1) is 18.9 Å². The van der Waals surface area contributed by atoms with Gasteiger partial charge in [0, 0.05) is 24.4 Å². The summed E-state index contributed by atoms with van der Waals surface area (Å²) in [4.78, 5) is 8.00. The van der Waals surface area contributed by atoms with Crippen LogP contribution in [0.25, 0.3) is 0 Å². The fourth-order valence-electron chi connectivity index (χ4n) is 2.28. The van der Waals surface area contributed by atoms with Gasteiger partial charge in [-0.2, -0.15) is 0 Å². The molecule has 0 atom stereocenters. The molecule has 2 heterocycles. The lowest BCUT2D eigenvalue weighted by Gasteiger charge is -2.26. The fourth-order valence-corrected chi connectivity index (χ4v) is 3.42. The maximum absolute atomic E-state index is 13.7. The van der Waals surface area contributed by atoms with Crippen LogP contribution in [0.4, 0.5) is 9.52 Å². The van der Waals surface area contributed by atoms with Crippen LogP contribution < -0.4 is 4.90 Å². The molecule has 1 aromatic heterocycles. The molecule has 2 aromatic rings. The summed E-state index contributed by atoms with van der Waals surface area (Å²) in [6.07, 6.45) is 0.612. The number of benzene rings is 1. The van der Waals surface area contributed by atoms with Crippen LogP contribution in [0.3, 0.4) is 0 Å². The van der Waals surface area contributed by atoms with E-state index in [4.69, 9.17) is 4.74 Å². The van der Waals surface area contributed by atoms with E-state index in [1.807, 2.05) is 19.1 Å². The molecule has 1 aliphatic rings. The third kappa shape index (κ3) is 2.83. The lowest BCUT2D eigenvalue weighted by Crippen LogP contribution is -2.36. The highest BCUT2D eigenvalue weighted by atomic mass is 32.1. The SMILES string of the molecule is Cc1nc(N2CCOCC2)sc1Cc1ccccc1F. The van der Waals surface area contributed by atoms with Crippen molar-refractivity contribution in [1.82, 2.24) is 4.98 Å². The summed E-state index contributed by atoms with van der Waals surface area (Å²) < 4.78 is 19.1. The molecule has 5 heteroatoms. The highest BCUT2D eigenvalue weighted by Gasteiger charge is 2.17. The molecule has 0 aliphatic carbocycles. The molecule has 0 bridgehead atoms. The molecule has 0 saturated carbocycles. The number of anilines is 1. The Morgan fingerprint density at radius 3 is 2.80 bits per heavy atom. The van der Waals surface area contributed by atoms with Crippen molar-refractivity contribution in [1.29, 1.82) is 0 Å². The maximum Gasteiger partial charge on any atom is 0.185 e. The van der Waals surface area contributed by atoms with E-state index in [1.54, 1.807) is 17.4 Å². The maximum atomic E-state index is 13.7. The predicted octanol–water partition coefficient (Wildman–Crippen LogP) is 3.02. The van der Waals surface area contributed by atoms with Crippen molar-refractivity contribution in [3.8, 4) is 0 Å². The smallest absolute Gasteiger partial charge is 0.185 e. The number of hydrogen-bond donors (Lipinski definition) is 0. The van der Waals surface area contributed by atoms with Gasteiger partial charge in [-0.1, -0.05) is 18.2 Å². The average molecular weight is 292 g/mol. The lowest BCUT2D eigenvalue weighted by molar-refractivity contribution is 0.122. The van der Waals surface area contributed by atoms with Gasteiger partial charge in [-0.15, -0.1) is 11.3 Å². The number of morpholine rings is 1. The Morgan fingerprint density at radius 2 is 2.05 bits per heavy atom. The molecule has 1 aromatic carbocycles. The monoisotopic (exact) mass is 292 g/mol. The van der Waals surface area contributed by atoms with Crippen molar-refractivity contribution in [2.75, 3.05) is 31.2 Å². The topological polar surface area (TPSA) is 25.4 Å². The normalized spacial score (nSPS) is 15.6. The predicted molar refractivity (Wildman–Crippen MR) is 79.1 cm³/mol. The van der Waals surface area contributed by atoms with Crippen molar-refractivity contribution in [2.24, 2.45) is 0 Å². The highest BCUT2D eigenvalue weighted by Crippen LogP contribution is 2.29. The summed E-state index contributed by atoms with van der Waals surface area (Å²) in [6.45, 7) is 5.26. The van der Waals surface area contributed by atoms with Crippen LogP contribution in [0.1, 0.15) is 16.1 Å². The van der Waals surface area contributed by atoms with Crippen molar-refractivity contribution in [3.63, 3.8) is 0 Å². The zero-order chi connectivity index (χ0) is 13.9. The Morgan fingerprint density at radius 1 is 1.30 bits per heavy atom. The minimum Gasteiger partial charge on any atom is -0.378 e. The molecule has 1 aliphatic heterocycles. The first-order valence-corrected chi connectivity index (χ1v) is 7.58. The second-order valence-corrected chi connectivity index (χ2v) is 5.93. The Labute approximate surface area is 122 Å².